The van der Waals surface area contributed by atoms with Gasteiger partial charge in [-0.2, -0.15) is 0 Å². The number of ether oxygens (including phenoxy) is 1. The molecule has 0 radical (unpaired) electrons. The van der Waals surface area contributed by atoms with Gasteiger partial charge in [0, 0.05) is 5.41 Å². The molecule has 2 aromatic carbocycles. The lowest BCUT2D eigenvalue weighted by atomic mass is 9.32. The lowest BCUT2D eigenvalue weighted by Gasteiger charge is -2.72. The lowest BCUT2D eigenvalue weighted by Crippen LogP contribution is -2.67. The molecule has 10 atom stereocenters. The average Bonchev–Trinajstić information content (AvgIpc) is 3.43. The number of carbonyl (C=O) groups is 2. The van der Waals surface area contributed by atoms with Crippen LogP contribution in [0, 0.1) is 56.7 Å². The van der Waals surface area contributed by atoms with Crippen LogP contribution < -0.4 is 0 Å². The Morgan fingerprint density at radius 2 is 1.45 bits per heavy atom. The zero-order valence-corrected chi connectivity index (χ0v) is 29.6. The Hall–Kier alpha value is -2.88. The van der Waals surface area contributed by atoms with Gasteiger partial charge in [0.15, 0.2) is 0 Å². The van der Waals surface area contributed by atoms with E-state index in [1.165, 1.54) is 12.8 Å². The molecule has 0 aliphatic heterocycles. The van der Waals surface area contributed by atoms with Crippen LogP contribution >= 0.6 is 0 Å². The molecule has 0 spiro atoms. The van der Waals surface area contributed by atoms with Crippen LogP contribution in [0.2, 0.25) is 0 Å². The van der Waals surface area contributed by atoms with Gasteiger partial charge in [0.05, 0.1) is 11.0 Å². The maximum absolute atomic E-state index is 13.5. The van der Waals surface area contributed by atoms with Crippen LogP contribution in [0.5, 0.6) is 0 Å². The van der Waals surface area contributed by atoms with Crippen LogP contribution in [0.25, 0.3) is 11.1 Å². The van der Waals surface area contributed by atoms with E-state index < -0.39 is 11.4 Å². The highest BCUT2D eigenvalue weighted by Gasteiger charge is 2.72. The molecule has 47 heavy (non-hydrogen) atoms. The molecule has 0 heterocycles. The molecule has 0 amide bonds. The number of esters is 1. The Labute approximate surface area is 282 Å². The molecule has 5 aliphatic carbocycles. The van der Waals surface area contributed by atoms with Gasteiger partial charge in [0.2, 0.25) is 0 Å². The highest BCUT2D eigenvalue weighted by Crippen LogP contribution is 2.77. The molecule has 4 heteroatoms. The highest BCUT2D eigenvalue weighted by molar-refractivity contribution is 5.90. The summed E-state index contributed by atoms with van der Waals surface area (Å²) in [7, 11) is 0. The van der Waals surface area contributed by atoms with E-state index in [0.29, 0.717) is 29.2 Å². The van der Waals surface area contributed by atoms with E-state index in [4.69, 9.17) is 4.74 Å². The molecule has 0 bridgehead atoms. The summed E-state index contributed by atoms with van der Waals surface area (Å²) in [6.45, 7) is 14.6. The molecule has 0 aromatic heterocycles. The largest absolute Gasteiger partial charge is 0.481 e. The van der Waals surface area contributed by atoms with E-state index in [1.807, 2.05) is 42.5 Å². The van der Waals surface area contributed by atoms with Gasteiger partial charge in [-0.3, -0.25) is 4.79 Å². The minimum Gasteiger partial charge on any atom is -0.481 e. The van der Waals surface area contributed by atoms with Crippen molar-refractivity contribution < 1.29 is 19.4 Å². The van der Waals surface area contributed by atoms with Crippen molar-refractivity contribution in [3.8, 4) is 11.1 Å². The number of aliphatic carboxylic acids is 1. The van der Waals surface area contributed by atoms with Crippen LogP contribution in [0.4, 0.5) is 0 Å². The van der Waals surface area contributed by atoms with Gasteiger partial charge in [0.25, 0.3) is 0 Å². The van der Waals surface area contributed by atoms with Gasteiger partial charge in [-0.05, 0) is 140 Å². The molecule has 7 rings (SSSR count). The number of rotatable bonds is 5. The zero-order chi connectivity index (χ0) is 33.4. The highest BCUT2D eigenvalue weighted by atomic mass is 16.5. The number of carbonyl (C=O) groups excluding carboxylic acids is 1. The summed E-state index contributed by atoms with van der Waals surface area (Å²) in [6.07, 6.45) is 14.7. The third-order valence-electron chi connectivity index (χ3n) is 15.8. The van der Waals surface area contributed by atoms with Crippen molar-refractivity contribution in [2.24, 2.45) is 56.7 Å². The van der Waals surface area contributed by atoms with Crippen molar-refractivity contribution >= 4 is 11.9 Å². The smallest absolute Gasteiger partial charge is 0.338 e. The number of carboxylic acid groups (broad SMARTS) is 1. The summed E-state index contributed by atoms with van der Waals surface area (Å²) in [6, 6.07) is 18.1. The molecular formula is C43H56O4. The van der Waals surface area contributed by atoms with Gasteiger partial charge in [-0.25, -0.2) is 4.79 Å². The minimum absolute atomic E-state index is 0.107. The number of allylic oxidation sites excluding steroid dienone is 2. The van der Waals surface area contributed by atoms with Crippen LogP contribution in [0.15, 0.2) is 66.7 Å². The van der Waals surface area contributed by atoms with Crippen LogP contribution in [0.3, 0.4) is 0 Å². The zero-order valence-electron chi connectivity index (χ0n) is 29.6. The molecule has 5 aliphatic rings. The standard InChI is InChI=1S/C43H56O4/c1-7-11-30-20-25-43(38(45)46)27-26-41(5)32(36(30)43)18-19-34-40(4)23-22-35(39(2,3)33(40)21-24-42(34,41)6)47-37(44)31-16-14-29(15-17-31)28-12-9-8-10-13-28/h7-17,30,32-36H,18-27H2,1-6H3,(H,45,46)/b11-7+/t30?,32-,33+,34?,35+,36?,40+,41-,42-,43?/m1/s1. The fourth-order valence-electron chi connectivity index (χ4n) is 13.3. The van der Waals surface area contributed by atoms with Crippen molar-refractivity contribution in [3.05, 3.63) is 72.3 Å². The Balaban J connectivity index is 1.12. The van der Waals surface area contributed by atoms with Crippen molar-refractivity contribution in [1.82, 2.24) is 0 Å². The van der Waals surface area contributed by atoms with E-state index in [1.54, 1.807) is 0 Å². The normalized spacial score (nSPS) is 42.1. The monoisotopic (exact) mass is 636 g/mol. The first-order valence-electron chi connectivity index (χ1n) is 18.5. The van der Waals surface area contributed by atoms with E-state index in [0.717, 1.165) is 62.5 Å². The second-order valence-electron chi connectivity index (χ2n) is 17.6. The maximum Gasteiger partial charge on any atom is 0.338 e. The van der Waals surface area contributed by atoms with Crippen LogP contribution in [-0.4, -0.2) is 23.1 Å². The number of hydrogen-bond acceptors (Lipinski definition) is 3. The molecule has 5 saturated carbocycles. The quantitative estimate of drug-likeness (QED) is 0.262. The van der Waals surface area contributed by atoms with E-state index >= 15 is 0 Å². The van der Waals surface area contributed by atoms with Crippen molar-refractivity contribution in [2.75, 3.05) is 0 Å². The molecular weight excluding hydrogens is 580 g/mol. The lowest BCUT2D eigenvalue weighted by molar-refractivity contribution is -0.247. The molecule has 4 nitrogen and oxygen atoms in total. The van der Waals surface area contributed by atoms with Gasteiger partial charge < -0.3 is 9.84 Å². The van der Waals surface area contributed by atoms with Gasteiger partial charge >= 0.3 is 11.9 Å². The first-order valence-corrected chi connectivity index (χ1v) is 18.5. The topological polar surface area (TPSA) is 63.6 Å². The second kappa shape index (κ2) is 11.3. The number of fused-ring (bicyclic) bond motifs is 7. The maximum atomic E-state index is 13.5. The van der Waals surface area contributed by atoms with E-state index in [2.05, 4.69) is 65.8 Å². The summed E-state index contributed by atoms with van der Waals surface area (Å²) in [4.78, 5) is 26.5. The van der Waals surface area contributed by atoms with E-state index in [-0.39, 0.29) is 39.7 Å². The predicted molar refractivity (Wildman–Crippen MR) is 188 cm³/mol. The first-order chi connectivity index (χ1) is 22.3. The Bertz CT molecular complexity index is 1540. The molecule has 1 N–H and O–H groups in total. The fraction of sp³-hybridized carbons (Fsp3) is 0.628. The average molecular weight is 637 g/mol. The second-order valence-corrected chi connectivity index (χ2v) is 17.6. The van der Waals surface area contributed by atoms with Gasteiger partial charge in [-0.15, -0.1) is 0 Å². The molecule has 2 aromatic rings. The van der Waals surface area contributed by atoms with E-state index in [9.17, 15) is 14.7 Å². The number of hydrogen-bond donors (Lipinski definition) is 1. The SMILES string of the molecule is C/C=C/C1CCC2(C(=O)O)CC[C@]3(C)[C@H](CCC4[C@@]5(C)CC[C@H](OC(=O)c6ccc(-c7ccccc7)cc6)C(C)(C)[C@@H]5CC[C@]43C)C12. The summed E-state index contributed by atoms with van der Waals surface area (Å²) in [5.41, 5.74) is 2.67. The van der Waals surface area contributed by atoms with Crippen molar-refractivity contribution in [2.45, 2.75) is 112 Å². The van der Waals surface area contributed by atoms with Crippen molar-refractivity contribution in [1.29, 1.82) is 0 Å². The summed E-state index contributed by atoms with van der Waals surface area (Å²) < 4.78 is 6.41. The third kappa shape index (κ3) is 4.66. The molecule has 4 unspecified atom stereocenters. The predicted octanol–water partition coefficient (Wildman–Crippen LogP) is 10.6. The van der Waals surface area contributed by atoms with Gasteiger partial charge in [0.1, 0.15) is 6.10 Å². The van der Waals surface area contributed by atoms with Crippen molar-refractivity contribution in [3.63, 3.8) is 0 Å². The summed E-state index contributed by atoms with van der Waals surface area (Å²) in [5, 5.41) is 10.7. The molecule has 0 saturated heterocycles. The van der Waals surface area contributed by atoms with Crippen LogP contribution in [0.1, 0.15) is 116 Å². The molecule has 252 valence electrons. The van der Waals surface area contributed by atoms with Gasteiger partial charge in [-0.1, -0.05) is 89.2 Å². The Kier molecular flexibility index (Phi) is 7.88. The minimum atomic E-state index is -0.551. The number of benzene rings is 2. The Morgan fingerprint density at radius 1 is 0.745 bits per heavy atom. The summed E-state index contributed by atoms with van der Waals surface area (Å²) >= 11 is 0. The first kappa shape index (κ1) is 32.7. The van der Waals surface area contributed by atoms with Crippen LogP contribution in [-0.2, 0) is 9.53 Å². The Morgan fingerprint density at radius 3 is 2.13 bits per heavy atom. The summed E-state index contributed by atoms with van der Waals surface area (Å²) in [5.74, 6) is 1.39. The molecule has 5 fully saturated rings. The number of carboxylic acids is 1. The third-order valence-corrected chi connectivity index (χ3v) is 15.8. The fourth-order valence-corrected chi connectivity index (χ4v) is 13.3.